The average molecular weight is 532 g/mol. The van der Waals surface area contributed by atoms with Crippen LogP contribution in [0.4, 0.5) is 0 Å². The summed E-state index contributed by atoms with van der Waals surface area (Å²) in [5, 5.41) is 28.2. The zero-order valence-corrected chi connectivity index (χ0v) is 21.6. The number of Topliss-reactive ketones (excluding diaryl/α,β-unsaturated/α-hetero) is 2. The minimum absolute atomic E-state index is 0.0250. The molecule has 11 heteroatoms. The van der Waals surface area contributed by atoms with Crippen LogP contribution in [0.25, 0.3) is 0 Å². The maximum Gasteiger partial charge on any atom is 0.246 e. The van der Waals surface area contributed by atoms with Gasteiger partial charge in [0.1, 0.15) is 39.7 Å². The molecule has 0 bridgehead atoms. The maximum absolute atomic E-state index is 13.8. The predicted molar refractivity (Wildman–Crippen MR) is 135 cm³/mol. The Labute approximate surface area is 222 Å². The molecule has 1 unspecified atom stereocenters. The normalized spacial score (nSPS) is 19.1. The van der Waals surface area contributed by atoms with E-state index >= 15 is 0 Å². The lowest BCUT2D eigenvalue weighted by Crippen LogP contribution is -2.41. The molecule has 0 saturated heterocycles. The molecule has 2 aromatic carbocycles. The molecule has 3 N–H and O–H groups in total. The number of aromatic hydroxyl groups is 2. The van der Waals surface area contributed by atoms with Crippen molar-refractivity contribution in [2.75, 3.05) is 0 Å². The van der Waals surface area contributed by atoms with Crippen molar-refractivity contribution in [2.45, 2.75) is 46.3 Å². The second kappa shape index (κ2) is 9.43. The SMILES string of the molecule is CC(=O)c1c(O)c(C)c(O)c2c1OC1=CC(=O)C(=C(C)NCc3nc(COc4ccccc4)no3)C(=O)C12C. The number of phenolic OH excluding ortho intramolecular Hbond substituents is 2. The number of rotatable bonds is 7. The Morgan fingerprint density at radius 2 is 1.85 bits per heavy atom. The van der Waals surface area contributed by atoms with E-state index in [0.717, 1.165) is 6.08 Å². The summed E-state index contributed by atoms with van der Waals surface area (Å²) in [5.41, 5.74) is -1.62. The zero-order valence-electron chi connectivity index (χ0n) is 21.6. The first-order valence-corrected chi connectivity index (χ1v) is 12.1. The van der Waals surface area contributed by atoms with E-state index in [9.17, 15) is 24.6 Å². The van der Waals surface area contributed by atoms with Gasteiger partial charge in [0.05, 0.1) is 17.7 Å². The summed E-state index contributed by atoms with van der Waals surface area (Å²) in [5.74, 6) is -1.58. The third kappa shape index (κ3) is 4.12. The molecule has 3 aromatic rings. The van der Waals surface area contributed by atoms with Crippen molar-refractivity contribution in [1.29, 1.82) is 0 Å². The number of fused-ring (bicyclic) bond motifs is 3. The van der Waals surface area contributed by atoms with Crippen LogP contribution < -0.4 is 14.8 Å². The molecule has 5 rings (SSSR count). The molecule has 0 amide bonds. The summed E-state index contributed by atoms with van der Waals surface area (Å²) in [6.45, 7) is 5.84. The Morgan fingerprint density at radius 1 is 1.13 bits per heavy atom. The van der Waals surface area contributed by atoms with E-state index in [-0.39, 0.29) is 64.3 Å². The van der Waals surface area contributed by atoms with Crippen LogP contribution in [-0.2, 0) is 28.2 Å². The quantitative estimate of drug-likeness (QED) is 0.233. The van der Waals surface area contributed by atoms with Crippen molar-refractivity contribution in [3.63, 3.8) is 0 Å². The van der Waals surface area contributed by atoms with Gasteiger partial charge in [-0.05, 0) is 39.8 Å². The highest BCUT2D eigenvalue weighted by Gasteiger charge is 2.56. The third-order valence-electron chi connectivity index (χ3n) is 6.89. The van der Waals surface area contributed by atoms with Gasteiger partial charge in [0.25, 0.3) is 0 Å². The van der Waals surface area contributed by atoms with E-state index < -0.39 is 28.5 Å². The molecule has 0 saturated carbocycles. The Kier molecular flexibility index (Phi) is 6.21. The standard InChI is InChI=1S/C28H25N3O8/c1-13-24(34)22(15(3)32)26-23(25(13)35)28(4)18(38-26)10-17(33)21(27(28)36)14(2)29-11-20-30-19(31-39-20)12-37-16-8-6-5-7-9-16/h5-10,29,34-35H,11-12H2,1-4H3. The number of para-hydroxylation sites is 1. The molecular formula is C28H25N3O8. The summed E-state index contributed by atoms with van der Waals surface area (Å²) in [7, 11) is 0. The number of ether oxygens (including phenoxy) is 2. The molecule has 39 heavy (non-hydrogen) atoms. The van der Waals surface area contributed by atoms with Crippen LogP contribution in [0.1, 0.15) is 54.0 Å². The molecule has 1 atom stereocenters. The maximum atomic E-state index is 13.8. The van der Waals surface area contributed by atoms with Crippen LogP contribution in [0, 0.1) is 6.92 Å². The highest BCUT2D eigenvalue weighted by Crippen LogP contribution is 2.57. The molecule has 200 valence electrons. The van der Waals surface area contributed by atoms with Gasteiger partial charge in [-0.1, -0.05) is 23.4 Å². The average Bonchev–Trinajstić information content (AvgIpc) is 3.48. The van der Waals surface area contributed by atoms with E-state index in [4.69, 9.17) is 14.0 Å². The fraction of sp³-hybridized carbons (Fsp3) is 0.250. The smallest absolute Gasteiger partial charge is 0.246 e. The van der Waals surface area contributed by atoms with Crippen LogP contribution in [-0.4, -0.2) is 37.7 Å². The second-order valence-corrected chi connectivity index (χ2v) is 9.45. The summed E-state index contributed by atoms with van der Waals surface area (Å²) >= 11 is 0. The number of ketones is 3. The molecule has 1 aromatic heterocycles. The highest BCUT2D eigenvalue weighted by molar-refractivity contribution is 6.31. The van der Waals surface area contributed by atoms with E-state index in [0.29, 0.717) is 11.6 Å². The topological polar surface area (TPSA) is 161 Å². The summed E-state index contributed by atoms with van der Waals surface area (Å²) in [6, 6.07) is 9.16. The summed E-state index contributed by atoms with van der Waals surface area (Å²) in [6.07, 6.45) is 1.16. The van der Waals surface area contributed by atoms with Gasteiger partial charge in [-0.3, -0.25) is 14.4 Å². The van der Waals surface area contributed by atoms with E-state index in [1.54, 1.807) is 19.1 Å². The van der Waals surface area contributed by atoms with Gasteiger partial charge in [0.2, 0.25) is 11.7 Å². The molecule has 0 fully saturated rings. The van der Waals surface area contributed by atoms with E-state index in [1.165, 1.54) is 20.8 Å². The van der Waals surface area contributed by atoms with Crippen molar-refractivity contribution in [1.82, 2.24) is 15.5 Å². The molecule has 11 nitrogen and oxygen atoms in total. The second-order valence-electron chi connectivity index (χ2n) is 9.45. The van der Waals surface area contributed by atoms with Gasteiger partial charge in [-0.25, -0.2) is 0 Å². The van der Waals surface area contributed by atoms with Crippen molar-refractivity contribution in [3.05, 3.63) is 81.8 Å². The van der Waals surface area contributed by atoms with Gasteiger partial charge in [-0.2, -0.15) is 4.98 Å². The van der Waals surface area contributed by atoms with Crippen LogP contribution >= 0.6 is 0 Å². The number of carbonyl (C=O) groups is 3. The van der Waals surface area contributed by atoms with Crippen LogP contribution in [0.3, 0.4) is 0 Å². The Morgan fingerprint density at radius 3 is 2.54 bits per heavy atom. The number of aromatic nitrogens is 2. The van der Waals surface area contributed by atoms with Crippen molar-refractivity contribution in [3.8, 4) is 23.0 Å². The number of benzene rings is 2. The lowest BCUT2D eigenvalue weighted by atomic mass is 9.70. The third-order valence-corrected chi connectivity index (χ3v) is 6.89. The highest BCUT2D eigenvalue weighted by atomic mass is 16.5. The fourth-order valence-corrected chi connectivity index (χ4v) is 4.74. The van der Waals surface area contributed by atoms with Gasteiger partial charge < -0.3 is 29.5 Å². The molecular weight excluding hydrogens is 506 g/mol. The van der Waals surface area contributed by atoms with Gasteiger partial charge in [0, 0.05) is 17.3 Å². The number of nitrogens with zero attached hydrogens (tertiary/aromatic N) is 2. The predicted octanol–water partition coefficient (Wildman–Crippen LogP) is 3.32. The molecule has 1 aliphatic heterocycles. The minimum Gasteiger partial charge on any atom is -0.507 e. The first kappa shape index (κ1) is 25.7. The number of allylic oxidation sites excluding steroid dienone is 4. The first-order valence-electron chi connectivity index (χ1n) is 12.1. The molecule has 0 radical (unpaired) electrons. The van der Waals surface area contributed by atoms with Gasteiger partial charge in [-0.15, -0.1) is 0 Å². The first-order chi connectivity index (χ1) is 18.5. The molecule has 0 spiro atoms. The monoisotopic (exact) mass is 531 g/mol. The van der Waals surface area contributed by atoms with Crippen molar-refractivity contribution < 1.29 is 38.6 Å². The molecule has 2 aliphatic rings. The lowest BCUT2D eigenvalue weighted by Gasteiger charge is -2.29. The number of hydrogen-bond acceptors (Lipinski definition) is 11. The van der Waals surface area contributed by atoms with Crippen molar-refractivity contribution in [2.24, 2.45) is 0 Å². The lowest BCUT2D eigenvalue weighted by molar-refractivity contribution is -0.123. The number of carbonyl (C=O) groups excluding carboxylic acids is 3. The number of hydrogen-bond donors (Lipinski definition) is 3. The van der Waals surface area contributed by atoms with Crippen LogP contribution in [0.5, 0.6) is 23.0 Å². The molecule has 1 aliphatic carbocycles. The van der Waals surface area contributed by atoms with Crippen LogP contribution in [0.15, 0.2) is 58.0 Å². The Balaban J connectivity index is 1.41. The Hall–Kier alpha value is -4.93. The van der Waals surface area contributed by atoms with Gasteiger partial charge >= 0.3 is 0 Å². The summed E-state index contributed by atoms with van der Waals surface area (Å²) < 4.78 is 16.6. The molecule has 2 heterocycles. The summed E-state index contributed by atoms with van der Waals surface area (Å²) in [4.78, 5) is 43.4. The largest absolute Gasteiger partial charge is 0.507 e. The fourth-order valence-electron chi connectivity index (χ4n) is 4.74. The van der Waals surface area contributed by atoms with E-state index in [1.807, 2.05) is 18.2 Å². The van der Waals surface area contributed by atoms with Crippen molar-refractivity contribution >= 4 is 17.3 Å². The van der Waals surface area contributed by atoms with E-state index in [2.05, 4.69) is 15.5 Å². The van der Waals surface area contributed by atoms with Crippen LogP contribution in [0.2, 0.25) is 0 Å². The van der Waals surface area contributed by atoms with Gasteiger partial charge in [0.15, 0.2) is 24.0 Å². The zero-order chi connectivity index (χ0) is 28.1. The Bertz CT molecular complexity index is 1600. The minimum atomic E-state index is -1.60. The number of phenols is 2. The number of nitrogens with one attached hydrogen (secondary N) is 1.